The molecule has 7 N–H and O–H groups in total. The van der Waals surface area contributed by atoms with Gasteiger partial charge in [-0.25, -0.2) is 10.8 Å². The van der Waals surface area contributed by atoms with E-state index in [0.717, 1.165) is 6.21 Å². The van der Waals surface area contributed by atoms with Crippen LogP contribution in [-0.2, 0) is 4.79 Å². The second-order valence-electron chi connectivity index (χ2n) is 11.3. The minimum absolute atomic E-state index is 0.0899. The molecular formula is C34H34ClF2N9O2. The fourth-order valence-electron chi connectivity index (χ4n) is 5.53. The van der Waals surface area contributed by atoms with Crippen LogP contribution in [0.4, 0.5) is 14.5 Å². The molecule has 48 heavy (non-hydrogen) atoms. The van der Waals surface area contributed by atoms with E-state index >= 15 is 0 Å². The Morgan fingerprint density at radius 1 is 1.17 bits per heavy atom. The summed E-state index contributed by atoms with van der Waals surface area (Å²) in [6.45, 7) is -1.23. The van der Waals surface area contributed by atoms with Gasteiger partial charge in [-0.3, -0.25) is 24.1 Å². The molecule has 3 heterocycles. The van der Waals surface area contributed by atoms with E-state index in [0.29, 0.717) is 63.6 Å². The fraction of sp³-hybridized carbons (Fsp3) is 0.206. The molecule has 2 unspecified atom stereocenters. The van der Waals surface area contributed by atoms with Gasteiger partial charge >= 0.3 is 6.55 Å². The quantitative estimate of drug-likeness (QED) is 0.0731. The van der Waals surface area contributed by atoms with Crippen LogP contribution in [0.3, 0.4) is 0 Å². The summed E-state index contributed by atoms with van der Waals surface area (Å²) in [5.41, 5.74) is 8.96. The van der Waals surface area contributed by atoms with Crippen LogP contribution in [0.25, 0.3) is 22.7 Å². The predicted octanol–water partition coefficient (Wildman–Crippen LogP) is 5.25. The summed E-state index contributed by atoms with van der Waals surface area (Å²) in [4.78, 5) is 35.4. The van der Waals surface area contributed by atoms with E-state index in [1.807, 2.05) is 0 Å². The van der Waals surface area contributed by atoms with Crippen LogP contribution >= 0.6 is 11.6 Å². The second kappa shape index (κ2) is 15.0. The van der Waals surface area contributed by atoms with Gasteiger partial charge in [-0.05, 0) is 54.8 Å². The first-order valence-electron chi connectivity index (χ1n) is 15.1. The average Bonchev–Trinajstić information content (AvgIpc) is 3.08. The van der Waals surface area contributed by atoms with Gasteiger partial charge in [0.1, 0.15) is 0 Å². The van der Waals surface area contributed by atoms with Crippen molar-refractivity contribution in [2.45, 2.75) is 38.8 Å². The predicted molar refractivity (Wildman–Crippen MR) is 183 cm³/mol. The number of aromatic nitrogens is 3. The zero-order chi connectivity index (χ0) is 34.4. The number of hydrogen-bond donors (Lipinski definition) is 5. The van der Waals surface area contributed by atoms with Crippen molar-refractivity contribution in [1.82, 2.24) is 25.2 Å². The third-order valence-corrected chi connectivity index (χ3v) is 8.24. The van der Waals surface area contributed by atoms with Crippen LogP contribution in [0, 0.1) is 11.3 Å². The van der Waals surface area contributed by atoms with Gasteiger partial charge in [0.25, 0.3) is 5.56 Å². The zero-order valence-electron chi connectivity index (χ0n) is 25.9. The van der Waals surface area contributed by atoms with E-state index < -0.39 is 24.4 Å². The monoisotopic (exact) mass is 673 g/mol. The number of carbonyl (C=O) groups is 1. The van der Waals surface area contributed by atoms with Crippen LogP contribution < -0.4 is 32.8 Å². The molecular weight excluding hydrogens is 640 g/mol. The number of rotatable bonds is 8. The molecule has 11 nitrogen and oxygen atoms in total. The minimum atomic E-state index is -2.96. The number of anilines is 1. The van der Waals surface area contributed by atoms with E-state index in [1.165, 1.54) is 28.2 Å². The molecule has 0 radical (unpaired) electrons. The van der Waals surface area contributed by atoms with E-state index in [-0.39, 0.29) is 17.0 Å². The normalized spacial score (nSPS) is 18.8. The number of pyridine rings is 1. The van der Waals surface area contributed by atoms with Gasteiger partial charge in [0.15, 0.2) is 0 Å². The van der Waals surface area contributed by atoms with Gasteiger partial charge in [-0.15, -0.1) is 0 Å². The minimum Gasteiger partial charge on any atom is -0.397 e. The lowest BCUT2D eigenvalue weighted by Crippen LogP contribution is -2.33. The van der Waals surface area contributed by atoms with E-state index in [4.69, 9.17) is 28.6 Å². The number of benzene rings is 2. The van der Waals surface area contributed by atoms with Crippen molar-refractivity contribution in [1.29, 1.82) is 5.41 Å². The maximum absolute atomic E-state index is 13.8. The van der Waals surface area contributed by atoms with Crippen LogP contribution in [0.1, 0.15) is 48.9 Å². The highest BCUT2D eigenvalue weighted by molar-refractivity contribution is 6.31. The van der Waals surface area contributed by atoms with Gasteiger partial charge in [0, 0.05) is 58.5 Å². The first-order valence-corrected chi connectivity index (χ1v) is 15.4. The molecule has 0 saturated heterocycles. The Bertz CT molecular complexity index is 1930. The number of carbonyl (C=O) groups excluding carboxylic acids is 1. The van der Waals surface area contributed by atoms with Gasteiger partial charge in [0.05, 0.1) is 40.8 Å². The highest BCUT2D eigenvalue weighted by Gasteiger charge is 2.24. The Labute approximate surface area is 280 Å². The standard InChI is InChI=1S/C34H34ClF2N9O2/c1-20-5-2-9-29(21-6-3-7-22(13-21)32(44-34(36)37)28(16-38)43-33(20)48)45-19-42-27(15-31(45)47)25-14-24(35)10-11-30(25)46(40)18-26(39)23-8-4-12-41-17-23/h3-4,6-8,10-20,29,34,38,44H,2,5,9,39-40H2,1H3,(H,43,48)/b26-18-,32-28+,38-16?. The highest BCUT2D eigenvalue weighted by atomic mass is 35.5. The van der Waals surface area contributed by atoms with E-state index in [1.54, 1.807) is 73.9 Å². The average molecular weight is 674 g/mol. The Morgan fingerprint density at radius 2 is 1.98 bits per heavy atom. The molecule has 2 atom stereocenters. The second-order valence-corrected chi connectivity index (χ2v) is 11.7. The van der Waals surface area contributed by atoms with Crippen molar-refractivity contribution in [2.24, 2.45) is 17.5 Å². The Hall–Kier alpha value is -5.40. The maximum atomic E-state index is 13.8. The fourth-order valence-corrected chi connectivity index (χ4v) is 5.70. The molecule has 1 aliphatic rings. The molecule has 1 aliphatic heterocycles. The van der Waals surface area contributed by atoms with Crippen LogP contribution in [0.15, 0.2) is 96.1 Å². The molecule has 4 aromatic rings. The molecule has 248 valence electrons. The van der Waals surface area contributed by atoms with Crippen LogP contribution in [0.5, 0.6) is 0 Å². The number of amides is 1. The first kappa shape index (κ1) is 33.9. The van der Waals surface area contributed by atoms with Gasteiger partial charge in [-0.1, -0.05) is 43.1 Å². The number of nitrogens with one attached hydrogen (secondary N) is 3. The van der Waals surface area contributed by atoms with Crippen molar-refractivity contribution in [3.63, 3.8) is 0 Å². The summed E-state index contributed by atoms with van der Waals surface area (Å²) in [6.07, 6.45) is 8.50. The topological polar surface area (TPSA) is 168 Å². The van der Waals surface area contributed by atoms with Gasteiger partial charge in [-0.2, -0.15) is 8.78 Å². The molecule has 2 aromatic heterocycles. The number of fused-ring (bicyclic) bond motifs is 2. The lowest BCUT2D eigenvalue weighted by molar-refractivity contribution is -0.123. The smallest absolute Gasteiger partial charge is 0.313 e. The van der Waals surface area contributed by atoms with Gasteiger partial charge in [0.2, 0.25) is 5.91 Å². The van der Waals surface area contributed by atoms with Crippen LogP contribution in [0.2, 0.25) is 5.02 Å². The van der Waals surface area contributed by atoms with Crippen LogP contribution in [-0.4, -0.2) is 33.2 Å². The van der Waals surface area contributed by atoms with Crippen molar-refractivity contribution in [3.05, 3.63) is 123 Å². The van der Waals surface area contributed by atoms with Crippen molar-refractivity contribution in [3.8, 4) is 11.3 Å². The van der Waals surface area contributed by atoms with Gasteiger partial charge < -0.3 is 21.8 Å². The lowest BCUT2D eigenvalue weighted by Gasteiger charge is -2.24. The number of hydrazine groups is 1. The number of halogens is 3. The number of nitrogens with two attached hydrogens (primary N) is 2. The maximum Gasteiger partial charge on any atom is 0.313 e. The molecule has 14 heteroatoms. The van der Waals surface area contributed by atoms with Crippen molar-refractivity contribution < 1.29 is 13.6 Å². The molecule has 0 fully saturated rings. The molecule has 0 spiro atoms. The van der Waals surface area contributed by atoms with E-state index in [2.05, 4.69) is 20.6 Å². The third-order valence-electron chi connectivity index (χ3n) is 8.00. The number of nitrogens with zero attached hydrogens (tertiary/aromatic N) is 4. The zero-order valence-corrected chi connectivity index (χ0v) is 26.7. The highest BCUT2D eigenvalue weighted by Crippen LogP contribution is 2.33. The number of hydrogen-bond acceptors (Lipinski definition) is 9. The molecule has 2 aromatic carbocycles. The molecule has 5 rings (SSSR count). The molecule has 1 amide bonds. The summed E-state index contributed by atoms with van der Waals surface area (Å²) in [6, 6.07) is 16.1. The summed E-state index contributed by atoms with van der Waals surface area (Å²) in [5, 5.41) is 14.2. The molecule has 0 aliphatic carbocycles. The summed E-state index contributed by atoms with van der Waals surface area (Å²) in [5.74, 6) is 5.53. The molecule has 0 saturated carbocycles. The van der Waals surface area contributed by atoms with Crippen molar-refractivity contribution >= 4 is 40.8 Å². The summed E-state index contributed by atoms with van der Waals surface area (Å²) in [7, 11) is 0. The number of alkyl halides is 2. The van der Waals surface area contributed by atoms with Crippen molar-refractivity contribution in [2.75, 3.05) is 5.01 Å². The third kappa shape index (κ3) is 7.76. The Balaban J connectivity index is 1.56. The SMILES string of the molecule is CC1CCCC(n2cnc(-c3cc(Cl)ccc3N(N)/C=C(\N)c3cccnc3)cc2=O)c2cccc(c2)/C(NC(F)F)=C(/C=N)NC1=O. The Kier molecular flexibility index (Phi) is 10.6. The summed E-state index contributed by atoms with van der Waals surface area (Å²) >= 11 is 6.36. The summed E-state index contributed by atoms with van der Waals surface area (Å²) < 4.78 is 28.7. The lowest BCUT2D eigenvalue weighted by atomic mass is 9.94. The number of allylic oxidation sites excluding steroid dienone is 1. The van der Waals surface area contributed by atoms with E-state index in [9.17, 15) is 18.4 Å². The largest absolute Gasteiger partial charge is 0.397 e. The Morgan fingerprint density at radius 3 is 2.69 bits per heavy atom. The molecule has 2 bridgehead atoms. The first-order chi connectivity index (χ1) is 23.0.